The number of aryl methyl sites for hydroxylation is 1. The molecule has 8 heteroatoms. The third-order valence-corrected chi connectivity index (χ3v) is 7.22. The lowest BCUT2D eigenvalue weighted by Gasteiger charge is -2.26. The van der Waals surface area contributed by atoms with Crippen molar-refractivity contribution in [2.45, 2.75) is 30.4 Å². The van der Waals surface area contributed by atoms with Crippen LogP contribution in [0.5, 0.6) is 0 Å². The molecule has 1 aliphatic heterocycles. The maximum Gasteiger partial charge on any atom is 0.271 e. The lowest BCUT2D eigenvalue weighted by atomic mass is 10.1. The number of hydrogen-bond acceptors (Lipinski definition) is 4. The van der Waals surface area contributed by atoms with E-state index < -0.39 is 10.0 Å². The molecule has 0 radical (unpaired) electrons. The van der Waals surface area contributed by atoms with Crippen molar-refractivity contribution >= 4 is 44.6 Å². The van der Waals surface area contributed by atoms with Crippen molar-refractivity contribution in [3.05, 3.63) is 45.8 Å². The van der Waals surface area contributed by atoms with Gasteiger partial charge in [-0.05, 0) is 49.9 Å². The van der Waals surface area contributed by atoms with E-state index in [1.165, 1.54) is 6.07 Å². The Kier molecular flexibility index (Phi) is 5.36. The number of likely N-dealkylation sites (tertiary alicyclic amines) is 1. The highest BCUT2D eigenvalue weighted by Gasteiger charge is 2.23. The molecule has 5 nitrogen and oxygen atoms in total. The molecule has 2 heterocycles. The molecule has 0 saturated carbocycles. The van der Waals surface area contributed by atoms with Crippen LogP contribution in [0.1, 0.15) is 35.2 Å². The maximum atomic E-state index is 12.6. The quantitative estimate of drug-likeness (QED) is 0.841. The van der Waals surface area contributed by atoms with Gasteiger partial charge < -0.3 is 4.90 Å². The van der Waals surface area contributed by atoms with Crippen molar-refractivity contribution in [3.8, 4) is 0 Å². The monoisotopic (exact) mass is 398 g/mol. The predicted octanol–water partition coefficient (Wildman–Crippen LogP) is 4.14. The van der Waals surface area contributed by atoms with E-state index in [9.17, 15) is 13.2 Å². The van der Waals surface area contributed by atoms with E-state index in [1.807, 2.05) is 6.92 Å². The normalized spacial score (nSPS) is 15.2. The smallest absolute Gasteiger partial charge is 0.271 e. The largest absolute Gasteiger partial charge is 0.339 e. The molecule has 2 aromatic rings. The number of benzene rings is 1. The molecule has 1 aromatic heterocycles. The predicted molar refractivity (Wildman–Crippen MR) is 101 cm³/mol. The van der Waals surface area contributed by atoms with Gasteiger partial charge in [0.05, 0.1) is 16.3 Å². The molecule has 0 aliphatic carbocycles. The highest BCUT2D eigenvalue weighted by molar-refractivity contribution is 7.94. The molecule has 1 aromatic carbocycles. The number of nitrogens with one attached hydrogen (secondary N) is 1. The van der Waals surface area contributed by atoms with Gasteiger partial charge in [-0.25, -0.2) is 8.42 Å². The van der Waals surface area contributed by atoms with Crippen molar-refractivity contribution in [2.75, 3.05) is 17.8 Å². The summed E-state index contributed by atoms with van der Waals surface area (Å²) in [6.45, 7) is 3.34. The van der Waals surface area contributed by atoms with Gasteiger partial charge >= 0.3 is 0 Å². The first-order valence-electron chi connectivity index (χ1n) is 8.03. The summed E-state index contributed by atoms with van der Waals surface area (Å²) in [5.74, 6) is -0.106. The number of hydrogen-bond donors (Lipinski definition) is 1. The van der Waals surface area contributed by atoms with E-state index in [-0.39, 0.29) is 10.1 Å². The number of amides is 1. The van der Waals surface area contributed by atoms with E-state index >= 15 is 0 Å². The minimum Gasteiger partial charge on any atom is -0.339 e. The van der Waals surface area contributed by atoms with E-state index in [1.54, 1.807) is 28.5 Å². The molecule has 1 N–H and O–H groups in total. The Morgan fingerprint density at radius 1 is 1.20 bits per heavy atom. The minimum atomic E-state index is -3.78. The average molecular weight is 399 g/mol. The second-order valence-electron chi connectivity index (χ2n) is 6.10. The highest BCUT2D eigenvalue weighted by atomic mass is 35.5. The van der Waals surface area contributed by atoms with Crippen molar-refractivity contribution < 1.29 is 13.2 Å². The molecule has 1 aliphatic rings. The lowest BCUT2D eigenvalue weighted by Crippen LogP contribution is -2.35. The average Bonchev–Trinajstić information content (AvgIpc) is 3.08. The maximum absolute atomic E-state index is 12.6. The van der Waals surface area contributed by atoms with Gasteiger partial charge in [0.2, 0.25) is 0 Å². The van der Waals surface area contributed by atoms with Gasteiger partial charge in [-0.2, -0.15) is 0 Å². The van der Waals surface area contributed by atoms with Crippen LogP contribution in [0.2, 0.25) is 5.02 Å². The molecule has 1 saturated heterocycles. The number of thiophene rings is 1. The van der Waals surface area contributed by atoms with E-state index in [2.05, 4.69) is 4.72 Å². The van der Waals surface area contributed by atoms with Gasteiger partial charge in [-0.15, -0.1) is 11.3 Å². The molecule has 0 bridgehead atoms. The first-order valence-corrected chi connectivity index (χ1v) is 10.8. The number of sulfonamides is 1. The molecule has 134 valence electrons. The third-order valence-electron chi connectivity index (χ3n) is 4.10. The molecule has 0 unspecified atom stereocenters. The van der Waals surface area contributed by atoms with E-state index in [0.717, 1.165) is 49.3 Å². The van der Waals surface area contributed by atoms with Crippen LogP contribution in [0.4, 0.5) is 5.69 Å². The van der Waals surface area contributed by atoms with Crippen LogP contribution in [0.25, 0.3) is 0 Å². The summed E-state index contributed by atoms with van der Waals surface area (Å²) in [4.78, 5) is 14.3. The molecular weight excluding hydrogens is 380 g/mol. The second kappa shape index (κ2) is 7.35. The Hall–Kier alpha value is -1.57. The van der Waals surface area contributed by atoms with Crippen molar-refractivity contribution in [1.82, 2.24) is 4.90 Å². The fourth-order valence-electron chi connectivity index (χ4n) is 2.75. The van der Waals surface area contributed by atoms with Crippen LogP contribution >= 0.6 is 22.9 Å². The number of carbonyl (C=O) groups excluding carboxylic acids is 1. The summed E-state index contributed by atoms with van der Waals surface area (Å²) < 4.78 is 27.7. The van der Waals surface area contributed by atoms with E-state index in [0.29, 0.717) is 16.3 Å². The van der Waals surface area contributed by atoms with Crippen LogP contribution in [-0.4, -0.2) is 32.3 Å². The summed E-state index contributed by atoms with van der Waals surface area (Å²) >= 11 is 7.13. The van der Waals surface area contributed by atoms with Crippen LogP contribution < -0.4 is 4.72 Å². The van der Waals surface area contributed by atoms with Gasteiger partial charge in [-0.1, -0.05) is 17.7 Å². The number of piperidine rings is 1. The number of carbonyl (C=O) groups is 1. The Morgan fingerprint density at radius 3 is 2.60 bits per heavy atom. The van der Waals surface area contributed by atoms with E-state index in [4.69, 9.17) is 11.6 Å². The third kappa shape index (κ3) is 4.16. The Bertz CT molecular complexity index is 887. The fraction of sp³-hybridized carbons (Fsp3) is 0.353. The standard InChI is InChI=1S/C17H19ClN2O3S2/c1-12-5-6-15(14(18)9-12)19-25(22,23)16-10-13(11-24-16)17(21)20-7-3-2-4-8-20/h5-6,9-11,19H,2-4,7-8H2,1H3. The van der Waals surface area contributed by atoms with Gasteiger partial charge in [0.25, 0.3) is 15.9 Å². The Labute approximate surface area is 156 Å². The van der Waals surface area contributed by atoms with Crippen LogP contribution in [0.3, 0.4) is 0 Å². The summed E-state index contributed by atoms with van der Waals surface area (Å²) in [5.41, 5.74) is 1.69. The topological polar surface area (TPSA) is 66.5 Å². The van der Waals surface area contributed by atoms with Crippen molar-refractivity contribution in [2.24, 2.45) is 0 Å². The SMILES string of the molecule is Cc1ccc(NS(=O)(=O)c2cc(C(=O)N3CCCCC3)cs2)c(Cl)c1. The zero-order valence-corrected chi connectivity index (χ0v) is 16.2. The van der Waals surface area contributed by atoms with Crippen LogP contribution in [0.15, 0.2) is 33.9 Å². The summed E-state index contributed by atoms with van der Waals surface area (Å²) in [5, 5.41) is 1.94. The molecule has 1 amide bonds. The molecule has 3 rings (SSSR count). The first kappa shape index (κ1) is 18.2. The Morgan fingerprint density at radius 2 is 1.92 bits per heavy atom. The number of nitrogens with zero attached hydrogens (tertiary/aromatic N) is 1. The summed E-state index contributed by atoms with van der Waals surface area (Å²) in [7, 11) is -3.78. The Balaban J connectivity index is 1.79. The summed E-state index contributed by atoms with van der Waals surface area (Å²) in [6.07, 6.45) is 3.12. The lowest BCUT2D eigenvalue weighted by molar-refractivity contribution is 0.0725. The zero-order valence-electron chi connectivity index (χ0n) is 13.8. The zero-order chi connectivity index (χ0) is 18.0. The second-order valence-corrected chi connectivity index (χ2v) is 9.32. The number of halogens is 1. The molecule has 0 spiro atoms. The molecule has 25 heavy (non-hydrogen) atoms. The molecule has 1 fully saturated rings. The van der Waals surface area contributed by atoms with Gasteiger partial charge in [0, 0.05) is 18.5 Å². The fourth-order valence-corrected chi connectivity index (χ4v) is 5.32. The molecule has 0 atom stereocenters. The van der Waals surface area contributed by atoms with Gasteiger partial charge in [-0.3, -0.25) is 9.52 Å². The van der Waals surface area contributed by atoms with Gasteiger partial charge in [0.15, 0.2) is 0 Å². The first-order chi connectivity index (χ1) is 11.9. The van der Waals surface area contributed by atoms with Crippen LogP contribution in [-0.2, 0) is 10.0 Å². The van der Waals surface area contributed by atoms with Crippen molar-refractivity contribution in [1.29, 1.82) is 0 Å². The molecular formula is C17H19ClN2O3S2. The minimum absolute atomic E-state index is 0.101. The summed E-state index contributed by atoms with van der Waals surface area (Å²) in [6, 6.07) is 6.54. The highest BCUT2D eigenvalue weighted by Crippen LogP contribution is 2.28. The van der Waals surface area contributed by atoms with Crippen molar-refractivity contribution in [3.63, 3.8) is 0 Å². The number of anilines is 1. The number of rotatable bonds is 4. The van der Waals surface area contributed by atoms with Crippen LogP contribution in [0, 0.1) is 6.92 Å². The van der Waals surface area contributed by atoms with Gasteiger partial charge in [0.1, 0.15) is 4.21 Å².